The van der Waals surface area contributed by atoms with Crippen LogP contribution < -0.4 is 11.1 Å². The van der Waals surface area contributed by atoms with Crippen molar-refractivity contribution in [2.75, 3.05) is 11.1 Å². The number of halogens is 2. The first kappa shape index (κ1) is 15.3. The number of hydrogen-bond acceptors (Lipinski definition) is 7. The number of nitrogens with two attached hydrogens (primary N) is 1. The van der Waals surface area contributed by atoms with Gasteiger partial charge in [-0.2, -0.15) is 0 Å². The van der Waals surface area contributed by atoms with Crippen LogP contribution in [-0.2, 0) is 4.79 Å². The van der Waals surface area contributed by atoms with E-state index in [1.807, 2.05) is 0 Å². The summed E-state index contributed by atoms with van der Waals surface area (Å²) in [6.45, 7) is 1.74. The minimum absolute atomic E-state index is 0.250. The van der Waals surface area contributed by atoms with Crippen molar-refractivity contribution in [3.05, 3.63) is 22.3 Å². The third kappa shape index (κ3) is 3.95. The molecule has 20 heavy (non-hydrogen) atoms. The highest BCUT2D eigenvalue weighted by Gasteiger charge is 2.18. The second kappa shape index (κ2) is 6.57. The number of nitrogens with one attached hydrogen (secondary N) is 1. The molecular weight excluding hydrogens is 341 g/mol. The second-order valence-electron chi connectivity index (χ2n) is 3.64. The molecule has 1 amide bonds. The minimum Gasteiger partial charge on any atom is -0.374 e. The van der Waals surface area contributed by atoms with Gasteiger partial charge >= 0.3 is 0 Å². The molecule has 2 rings (SSSR count). The summed E-state index contributed by atoms with van der Waals surface area (Å²) in [7, 11) is 0. The molecule has 106 valence electrons. The van der Waals surface area contributed by atoms with Crippen molar-refractivity contribution < 1.29 is 4.79 Å². The number of thioether (sulfide) groups is 1. The summed E-state index contributed by atoms with van der Waals surface area (Å²) < 4.78 is 0.625. The van der Waals surface area contributed by atoms with E-state index < -0.39 is 5.25 Å². The van der Waals surface area contributed by atoms with E-state index in [2.05, 4.69) is 20.5 Å². The Bertz CT molecular complexity index is 636. The van der Waals surface area contributed by atoms with E-state index in [1.54, 1.807) is 6.92 Å². The zero-order valence-electron chi connectivity index (χ0n) is 10.1. The molecule has 0 aliphatic rings. The molecule has 0 aliphatic heterocycles. The smallest absolute Gasteiger partial charge is 0.238 e. The molecule has 10 heteroatoms. The van der Waals surface area contributed by atoms with Crippen molar-refractivity contribution in [3.63, 3.8) is 0 Å². The number of carbonyl (C=O) groups excluding carboxylic acids is 1. The highest BCUT2D eigenvalue weighted by molar-refractivity contribution is 8.02. The molecule has 0 radical (unpaired) electrons. The van der Waals surface area contributed by atoms with Crippen molar-refractivity contribution >= 4 is 63.2 Å². The molecule has 2 aromatic heterocycles. The number of rotatable bonds is 4. The Morgan fingerprint density at radius 1 is 1.50 bits per heavy atom. The molecule has 0 aromatic carbocycles. The number of hydrogen-bond donors (Lipinski definition) is 2. The van der Waals surface area contributed by atoms with Gasteiger partial charge in [0.15, 0.2) is 10.2 Å². The van der Waals surface area contributed by atoms with Gasteiger partial charge in [-0.25, -0.2) is 4.98 Å². The Balaban J connectivity index is 2.00. The molecule has 2 heterocycles. The lowest BCUT2D eigenvalue weighted by molar-refractivity contribution is -0.115. The lowest BCUT2D eigenvalue weighted by Gasteiger charge is -2.10. The summed E-state index contributed by atoms with van der Waals surface area (Å²) in [5.41, 5.74) is 5.48. The van der Waals surface area contributed by atoms with Gasteiger partial charge in [-0.15, -0.1) is 10.2 Å². The summed E-state index contributed by atoms with van der Waals surface area (Å²) in [6.07, 6.45) is 1.41. The number of carbonyl (C=O) groups is 1. The molecular formula is C10H9Cl2N5OS2. The summed E-state index contributed by atoms with van der Waals surface area (Å²) >= 11 is 14.2. The predicted octanol–water partition coefficient (Wildman–Crippen LogP) is 2.94. The van der Waals surface area contributed by atoms with Crippen LogP contribution >= 0.6 is 46.3 Å². The van der Waals surface area contributed by atoms with Crippen molar-refractivity contribution in [1.82, 2.24) is 15.2 Å². The van der Waals surface area contributed by atoms with Crippen molar-refractivity contribution in [2.45, 2.75) is 16.5 Å². The Kier molecular flexibility index (Phi) is 5.03. The zero-order chi connectivity index (χ0) is 14.7. The monoisotopic (exact) mass is 349 g/mol. The fourth-order valence-electron chi connectivity index (χ4n) is 1.20. The van der Waals surface area contributed by atoms with Gasteiger partial charge in [-0.05, 0) is 13.0 Å². The summed E-state index contributed by atoms with van der Waals surface area (Å²) in [5, 5.41) is 10.8. The lowest BCUT2D eigenvalue weighted by atomic mass is 10.4. The first-order valence-electron chi connectivity index (χ1n) is 5.33. The van der Waals surface area contributed by atoms with Crippen molar-refractivity contribution in [1.29, 1.82) is 0 Å². The fraction of sp³-hybridized carbons (Fsp3) is 0.200. The zero-order valence-corrected chi connectivity index (χ0v) is 13.3. The molecule has 0 fully saturated rings. The van der Waals surface area contributed by atoms with Crippen LogP contribution in [0.25, 0.3) is 0 Å². The molecule has 1 atom stereocenters. The maximum atomic E-state index is 12.0. The van der Waals surface area contributed by atoms with E-state index >= 15 is 0 Å². The van der Waals surface area contributed by atoms with Crippen molar-refractivity contribution in [3.8, 4) is 0 Å². The standard InChI is InChI=1S/C10H9Cl2N5OS2/c1-4(19-10-17-16-9(13)20-10)8(18)15-7-6(12)2-5(11)3-14-7/h2-4H,1H3,(H2,13,16)(H,14,15,18). The van der Waals surface area contributed by atoms with E-state index in [1.165, 1.54) is 35.4 Å². The van der Waals surface area contributed by atoms with Crippen LogP contribution in [0.4, 0.5) is 10.9 Å². The van der Waals surface area contributed by atoms with Gasteiger partial charge in [0.1, 0.15) is 0 Å². The minimum atomic E-state index is -0.393. The Morgan fingerprint density at radius 3 is 2.85 bits per heavy atom. The quantitative estimate of drug-likeness (QED) is 0.824. The third-order valence-electron chi connectivity index (χ3n) is 2.12. The summed E-state index contributed by atoms with van der Waals surface area (Å²) in [6, 6.07) is 1.51. The van der Waals surface area contributed by atoms with Crippen molar-refractivity contribution in [2.24, 2.45) is 0 Å². The first-order chi connectivity index (χ1) is 9.45. The molecule has 2 aromatic rings. The number of amides is 1. The van der Waals surface area contributed by atoms with E-state index in [9.17, 15) is 4.79 Å². The normalized spacial score (nSPS) is 12.2. The van der Waals surface area contributed by atoms with Gasteiger partial charge in [0.05, 0.1) is 15.3 Å². The Hall–Kier alpha value is -1.09. The molecule has 0 bridgehead atoms. The molecule has 0 aliphatic carbocycles. The molecule has 0 saturated carbocycles. The van der Waals surface area contributed by atoms with Crippen LogP contribution in [0.2, 0.25) is 10.0 Å². The second-order valence-corrected chi connectivity index (χ2v) is 7.08. The van der Waals surface area contributed by atoms with E-state index in [4.69, 9.17) is 28.9 Å². The predicted molar refractivity (Wildman–Crippen MR) is 82.5 cm³/mol. The SMILES string of the molecule is CC(Sc1nnc(N)s1)C(=O)Nc1ncc(Cl)cc1Cl. The fourth-order valence-corrected chi connectivity index (χ4v) is 3.41. The molecule has 3 N–H and O–H groups in total. The van der Waals surface area contributed by atoms with Crippen LogP contribution in [-0.4, -0.2) is 26.3 Å². The first-order valence-corrected chi connectivity index (χ1v) is 7.78. The number of nitrogens with zero attached hydrogens (tertiary/aromatic N) is 3. The summed E-state index contributed by atoms with van der Waals surface area (Å²) in [4.78, 5) is 16.0. The van der Waals surface area contributed by atoms with Crippen LogP contribution in [0.1, 0.15) is 6.92 Å². The molecule has 1 unspecified atom stereocenters. The molecule has 0 saturated heterocycles. The van der Waals surface area contributed by atoms with Gasteiger partial charge in [0, 0.05) is 6.20 Å². The topological polar surface area (TPSA) is 93.8 Å². The van der Waals surface area contributed by atoms with Gasteiger partial charge in [0.2, 0.25) is 11.0 Å². The third-order valence-corrected chi connectivity index (χ3v) is 4.55. The van der Waals surface area contributed by atoms with E-state index in [-0.39, 0.29) is 16.7 Å². The molecule has 6 nitrogen and oxygen atoms in total. The average Bonchev–Trinajstić information content (AvgIpc) is 2.78. The van der Waals surface area contributed by atoms with Gasteiger partial charge in [0.25, 0.3) is 0 Å². The number of aromatic nitrogens is 3. The highest BCUT2D eigenvalue weighted by atomic mass is 35.5. The van der Waals surface area contributed by atoms with E-state index in [0.29, 0.717) is 14.5 Å². The maximum absolute atomic E-state index is 12.0. The van der Waals surface area contributed by atoms with Gasteiger partial charge in [-0.1, -0.05) is 46.3 Å². The Labute approximate surface area is 133 Å². The van der Waals surface area contributed by atoms with Gasteiger partial charge in [-0.3, -0.25) is 4.79 Å². The van der Waals surface area contributed by atoms with Crippen LogP contribution in [0, 0.1) is 0 Å². The summed E-state index contributed by atoms with van der Waals surface area (Å²) in [5.74, 6) is 0.0192. The van der Waals surface area contributed by atoms with Gasteiger partial charge < -0.3 is 11.1 Å². The number of pyridine rings is 1. The lowest BCUT2D eigenvalue weighted by Crippen LogP contribution is -2.23. The maximum Gasteiger partial charge on any atom is 0.238 e. The van der Waals surface area contributed by atoms with Crippen LogP contribution in [0.15, 0.2) is 16.6 Å². The average molecular weight is 350 g/mol. The van der Waals surface area contributed by atoms with E-state index in [0.717, 1.165) is 0 Å². The number of nitrogen functional groups attached to an aromatic ring is 1. The number of anilines is 2. The Morgan fingerprint density at radius 2 is 2.25 bits per heavy atom. The van der Waals surface area contributed by atoms with Crippen LogP contribution in [0.5, 0.6) is 0 Å². The molecule has 0 spiro atoms. The van der Waals surface area contributed by atoms with Crippen LogP contribution in [0.3, 0.4) is 0 Å². The highest BCUT2D eigenvalue weighted by Crippen LogP contribution is 2.29. The largest absolute Gasteiger partial charge is 0.374 e.